The molecule has 26 heavy (non-hydrogen) atoms. The summed E-state index contributed by atoms with van der Waals surface area (Å²) in [7, 11) is 1.64. The Morgan fingerprint density at radius 3 is 2.73 bits per heavy atom. The van der Waals surface area contributed by atoms with E-state index in [-0.39, 0.29) is 12.5 Å². The molecule has 5 nitrogen and oxygen atoms in total. The maximum atomic E-state index is 12.5. The Balaban J connectivity index is 1.64. The predicted molar refractivity (Wildman–Crippen MR) is 99.2 cm³/mol. The van der Waals surface area contributed by atoms with E-state index in [2.05, 4.69) is 24.0 Å². The molecule has 1 aromatic heterocycles. The van der Waals surface area contributed by atoms with Gasteiger partial charge in [-0.1, -0.05) is 23.8 Å². The molecule has 0 radical (unpaired) electrons. The third kappa shape index (κ3) is 3.20. The number of aromatic nitrogens is 1. The van der Waals surface area contributed by atoms with Gasteiger partial charge in [-0.15, -0.1) is 0 Å². The third-order valence-corrected chi connectivity index (χ3v) is 4.59. The highest BCUT2D eigenvalue weighted by Gasteiger charge is 2.23. The molecule has 0 atom stereocenters. The second kappa shape index (κ2) is 6.67. The van der Waals surface area contributed by atoms with Gasteiger partial charge in [-0.2, -0.15) is 0 Å². The van der Waals surface area contributed by atoms with E-state index in [1.54, 1.807) is 12.0 Å². The van der Waals surface area contributed by atoms with Gasteiger partial charge in [-0.25, -0.2) is 4.98 Å². The monoisotopic (exact) mass is 348 g/mol. The maximum Gasteiger partial charge on any atom is 0.261 e. The molecule has 0 aliphatic carbocycles. The summed E-state index contributed by atoms with van der Waals surface area (Å²) in [5.41, 5.74) is 4.04. The minimum absolute atomic E-state index is 0.00746. The van der Waals surface area contributed by atoms with E-state index in [1.165, 1.54) is 5.56 Å². The van der Waals surface area contributed by atoms with Gasteiger partial charge in [-0.3, -0.25) is 4.79 Å². The first-order valence-electron chi connectivity index (χ1n) is 8.56. The highest BCUT2D eigenvalue weighted by molar-refractivity contribution is 5.82. The zero-order chi connectivity index (χ0) is 18.1. The van der Waals surface area contributed by atoms with E-state index in [1.807, 2.05) is 36.4 Å². The summed E-state index contributed by atoms with van der Waals surface area (Å²) >= 11 is 0. The van der Waals surface area contributed by atoms with Crippen LogP contribution in [0.25, 0.3) is 10.9 Å². The number of benzene rings is 2. The molecule has 0 saturated carbocycles. The predicted octanol–water partition coefficient (Wildman–Crippen LogP) is 3.47. The van der Waals surface area contributed by atoms with E-state index >= 15 is 0 Å². The lowest BCUT2D eigenvalue weighted by Crippen LogP contribution is -2.31. The molecule has 1 amide bonds. The first kappa shape index (κ1) is 16.4. The normalized spacial score (nSPS) is 13.9. The lowest BCUT2D eigenvalue weighted by Gasteiger charge is -2.20. The number of aryl methyl sites for hydroxylation is 1. The molecule has 0 fully saturated rings. The SMILES string of the molecule is COc1ccc(CN2Cc3cc4cc(C)ccc4nc3OCC2=O)cc1. The van der Waals surface area contributed by atoms with Crippen LogP contribution in [0.1, 0.15) is 16.7 Å². The molecular formula is C21H20N2O3. The Labute approximate surface area is 152 Å². The molecule has 0 unspecified atom stereocenters. The van der Waals surface area contributed by atoms with Crippen molar-refractivity contribution >= 4 is 16.8 Å². The van der Waals surface area contributed by atoms with Crippen LogP contribution in [0.15, 0.2) is 48.5 Å². The molecule has 5 heteroatoms. The molecule has 1 aliphatic rings. The Morgan fingerprint density at radius 1 is 1.15 bits per heavy atom. The number of hydrogen-bond acceptors (Lipinski definition) is 4. The van der Waals surface area contributed by atoms with E-state index in [4.69, 9.17) is 9.47 Å². The molecule has 4 rings (SSSR count). The average molecular weight is 348 g/mol. The smallest absolute Gasteiger partial charge is 0.261 e. The average Bonchev–Trinajstić information content (AvgIpc) is 2.80. The van der Waals surface area contributed by atoms with Crippen LogP contribution in [0.2, 0.25) is 0 Å². The first-order chi connectivity index (χ1) is 12.6. The van der Waals surface area contributed by atoms with Crippen molar-refractivity contribution in [3.05, 3.63) is 65.2 Å². The van der Waals surface area contributed by atoms with Crippen LogP contribution in [0.4, 0.5) is 0 Å². The van der Waals surface area contributed by atoms with Crippen molar-refractivity contribution in [2.45, 2.75) is 20.0 Å². The van der Waals surface area contributed by atoms with Crippen LogP contribution in [-0.4, -0.2) is 29.5 Å². The van der Waals surface area contributed by atoms with Gasteiger partial charge in [0.2, 0.25) is 5.88 Å². The summed E-state index contributed by atoms with van der Waals surface area (Å²) in [5, 5.41) is 1.06. The minimum Gasteiger partial charge on any atom is -0.497 e. The molecule has 3 aromatic rings. The second-order valence-corrected chi connectivity index (χ2v) is 6.54. The zero-order valence-electron chi connectivity index (χ0n) is 14.9. The number of carbonyl (C=O) groups is 1. The number of hydrogen-bond donors (Lipinski definition) is 0. The van der Waals surface area contributed by atoms with E-state index < -0.39 is 0 Å². The molecule has 2 heterocycles. The highest BCUT2D eigenvalue weighted by atomic mass is 16.5. The van der Waals surface area contributed by atoms with Gasteiger partial charge in [0.25, 0.3) is 5.91 Å². The number of amides is 1. The van der Waals surface area contributed by atoms with Crippen molar-refractivity contribution in [2.24, 2.45) is 0 Å². The van der Waals surface area contributed by atoms with Gasteiger partial charge in [0, 0.05) is 17.5 Å². The van der Waals surface area contributed by atoms with Crippen molar-refractivity contribution in [1.29, 1.82) is 0 Å². The van der Waals surface area contributed by atoms with Crippen molar-refractivity contribution in [3.63, 3.8) is 0 Å². The summed E-state index contributed by atoms with van der Waals surface area (Å²) in [6, 6.07) is 15.9. The second-order valence-electron chi connectivity index (χ2n) is 6.54. The van der Waals surface area contributed by atoms with Gasteiger partial charge < -0.3 is 14.4 Å². The molecule has 0 saturated heterocycles. The fraction of sp³-hybridized carbons (Fsp3) is 0.238. The van der Waals surface area contributed by atoms with Gasteiger partial charge >= 0.3 is 0 Å². The van der Waals surface area contributed by atoms with Crippen LogP contribution in [0.5, 0.6) is 11.6 Å². The van der Waals surface area contributed by atoms with Crippen molar-refractivity contribution < 1.29 is 14.3 Å². The Kier molecular flexibility index (Phi) is 4.21. The largest absolute Gasteiger partial charge is 0.497 e. The Bertz CT molecular complexity index is 967. The molecule has 132 valence electrons. The molecule has 0 N–H and O–H groups in total. The van der Waals surface area contributed by atoms with Crippen LogP contribution < -0.4 is 9.47 Å². The quantitative estimate of drug-likeness (QED) is 0.727. The summed E-state index contributed by atoms with van der Waals surface area (Å²) in [6.45, 7) is 3.07. The summed E-state index contributed by atoms with van der Waals surface area (Å²) in [6.07, 6.45) is 0. The van der Waals surface area contributed by atoms with Crippen LogP contribution >= 0.6 is 0 Å². The summed E-state index contributed by atoms with van der Waals surface area (Å²) in [5.74, 6) is 1.31. The summed E-state index contributed by atoms with van der Waals surface area (Å²) in [4.78, 5) is 18.9. The third-order valence-electron chi connectivity index (χ3n) is 4.59. The van der Waals surface area contributed by atoms with Crippen LogP contribution in [-0.2, 0) is 17.9 Å². The lowest BCUT2D eigenvalue weighted by molar-refractivity contribution is -0.133. The van der Waals surface area contributed by atoms with E-state index in [9.17, 15) is 4.79 Å². The van der Waals surface area contributed by atoms with Crippen LogP contribution in [0.3, 0.4) is 0 Å². The molecule has 0 bridgehead atoms. The number of rotatable bonds is 3. The molecule has 1 aliphatic heterocycles. The Hall–Kier alpha value is -3.08. The lowest BCUT2D eigenvalue weighted by atomic mass is 10.1. The molecule has 2 aromatic carbocycles. The topological polar surface area (TPSA) is 51.7 Å². The Morgan fingerprint density at radius 2 is 1.96 bits per heavy atom. The number of fused-ring (bicyclic) bond motifs is 2. The van der Waals surface area contributed by atoms with Crippen molar-refractivity contribution in [2.75, 3.05) is 13.7 Å². The minimum atomic E-state index is -0.0425. The maximum absolute atomic E-state index is 12.5. The number of methoxy groups -OCH3 is 1. The molecule has 0 spiro atoms. The van der Waals surface area contributed by atoms with Gasteiger partial charge in [0.05, 0.1) is 19.2 Å². The van der Waals surface area contributed by atoms with Crippen molar-refractivity contribution in [1.82, 2.24) is 9.88 Å². The molecular weight excluding hydrogens is 328 g/mol. The van der Waals surface area contributed by atoms with Gasteiger partial charge in [0.15, 0.2) is 6.61 Å². The van der Waals surface area contributed by atoms with E-state index in [0.717, 1.165) is 27.8 Å². The van der Waals surface area contributed by atoms with Gasteiger partial charge in [-0.05, 0) is 42.8 Å². The summed E-state index contributed by atoms with van der Waals surface area (Å²) < 4.78 is 10.9. The first-order valence-corrected chi connectivity index (χ1v) is 8.56. The number of pyridine rings is 1. The number of ether oxygens (including phenoxy) is 2. The van der Waals surface area contributed by atoms with Gasteiger partial charge in [0.1, 0.15) is 5.75 Å². The zero-order valence-corrected chi connectivity index (χ0v) is 14.9. The van der Waals surface area contributed by atoms with Crippen molar-refractivity contribution in [3.8, 4) is 11.6 Å². The number of nitrogens with zero attached hydrogens (tertiary/aromatic N) is 2. The fourth-order valence-electron chi connectivity index (χ4n) is 3.17. The van der Waals surface area contributed by atoms with Crippen LogP contribution in [0, 0.1) is 6.92 Å². The number of carbonyl (C=O) groups excluding carboxylic acids is 1. The highest BCUT2D eigenvalue weighted by Crippen LogP contribution is 2.27. The fourth-order valence-corrected chi connectivity index (χ4v) is 3.17. The van der Waals surface area contributed by atoms with E-state index in [0.29, 0.717) is 19.0 Å². The standard InChI is InChI=1S/C21H20N2O3/c1-14-3-8-19-16(9-14)10-17-12-23(20(24)13-26-21(17)22-19)11-15-4-6-18(25-2)7-5-15/h3-10H,11-13H2,1-2H3.